The summed E-state index contributed by atoms with van der Waals surface area (Å²) in [4.78, 5) is 0. The molecule has 82 valence electrons. The van der Waals surface area contributed by atoms with Crippen molar-refractivity contribution in [1.82, 2.24) is 5.32 Å². The lowest BCUT2D eigenvalue weighted by Gasteiger charge is -2.16. The third kappa shape index (κ3) is 2.85. The molecule has 15 heavy (non-hydrogen) atoms. The monoisotopic (exact) mass is 245 g/mol. The van der Waals surface area contributed by atoms with Crippen molar-refractivity contribution in [1.29, 1.82) is 0 Å². The Morgan fingerprint density at radius 2 is 2.07 bits per heavy atom. The fourth-order valence-corrected chi connectivity index (χ4v) is 1.82. The first-order chi connectivity index (χ1) is 7.20. The molecule has 1 aliphatic rings. The SMILES string of the molecule is OCC(NC1CC1)c1ccc(Cl)c(Cl)c1. The summed E-state index contributed by atoms with van der Waals surface area (Å²) in [7, 11) is 0. The van der Waals surface area contributed by atoms with Gasteiger partial charge < -0.3 is 10.4 Å². The molecule has 0 amide bonds. The number of halogens is 2. The molecule has 1 atom stereocenters. The lowest BCUT2D eigenvalue weighted by molar-refractivity contribution is 0.243. The molecule has 0 aliphatic heterocycles. The molecule has 4 heteroatoms. The molecule has 0 bridgehead atoms. The molecule has 2 nitrogen and oxygen atoms in total. The number of rotatable bonds is 4. The number of aliphatic hydroxyl groups is 1. The predicted molar refractivity (Wildman–Crippen MR) is 62.4 cm³/mol. The zero-order valence-corrected chi connectivity index (χ0v) is 9.72. The van der Waals surface area contributed by atoms with Gasteiger partial charge in [0.05, 0.1) is 22.7 Å². The van der Waals surface area contributed by atoms with Crippen molar-refractivity contribution in [2.45, 2.75) is 24.9 Å². The first kappa shape index (κ1) is 11.2. The van der Waals surface area contributed by atoms with E-state index in [1.807, 2.05) is 6.07 Å². The summed E-state index contributed by atoms with van der Waals surface area (Å²) in [6, 6.07) is 5.98. The van der Waals surface area contributed by atoms with E-state index in [4.69, 9.17) is 23.2 Å². The largest absolute Gasteiger partial charge is 0.394 e. The van der Waals surface area contributed by atoms with Gasteiger partial charge in [0.15, 0.2) is 0 Å². The van der Waals surface area contributed by atoms with Gasteiger partial charge in [-0.1, -0.05) is 29.3 Å². The maximum absolute atomic E-state index is 9.28. The molecule has 1 unspecified atom stereocenters. The Morgan fingerprint density at radius 3 is 2.60 bits per heavy atom. The van der Waals surface area contributed by atoms with E-state index in [1.165, 1.54) is 12.8 Å². The third-order valence-electron chi connectivity index (χ3n) is 2.54. The molecule has 2 N–H and O–H groups in total. The van der Waals surface area contributed by atoms with E-state index >= 15 is 0 Å². The fraction of sp³-hybridized carbons (Fsp3) is 0.455. The molecule has 0 heterocycles. The van der Waals surface area contributed by atoms with Gasteiger partial charge >= 0.3 is 0 Å². The summed E-state index contributed by atoms with van der Waals surface area (Å²) in [6.45, 7) is 0.0778. The Morgan fingerprint density at radius 1 is 1.33 bits per heavy atom. The zero-order chi connectivity index (χ0) is 10.8. The molecule has 1 saturated carbocycles. The zero-order valence-electron chi connectivity index (χ0n) is 8.21. The fourth-order valence-electron chi connectivity index (χ4n) is 1.52. The van der Waals surface area contributed by atoms with Gasteiger partial charge in [0.1, 0.15) is 0 Å². The van der Waals surface area contributed by atoms with E-state index in [2.05, 4.69) is 5.32 Å². The highest BCUT2D eigenvalue weighted by Crippen LogP contribution is 2.28. The second-order valence-corrected chi connectivity index (χ2v) is 4.66. The maximum Gasteiger partial charge on any atom is 0.0626 e. The van der Waals surface area contributed by atoms with Crippen molar-refractivity contribution >= 4 is 23.2 Å². The Hall–Kier alpha value is -0.280. The molecule has 0 saturated heterocycles. The Balaban J connectivity index is 2.13. The highest BCUT2D eigenvalue weighted by molar-refractivity contribution is 6.42. The number of hydrogen-bond donors (Lipinski definition) is 2. The van der Waals surface area contributed by atoms with Crippen LogP contribution in [0, 0.1) is 0 Å². The molecular formula is C11H13Cl2NO. The molecule has 0 spiro atoms. The van der Waals surface area contributed by atoms with Crippen LogP contribution in [0.3, 0.4) is 0 Å². The Kier molecular flexibility index (Phi) is 3.52. The average molecular weight is 246 g/mol. The lowest BCUT2D eigenvalue weighted by atomic mass is 10.1. The molecule has 0 aromatic heterocycles. The van der Waals surface area contributed by atoms with Crippen LogP contribution in [0.5, 0.6) is 0 Å². The number of nitrogens with one attached hydrogen (secondary N) is 1. The van der Waals surface area contributed by atoms with Crippen molar-refractivity contribution < 1.29 is 5.11 Å². The van der Waals surface area contributed by atoms with Gasteiger partial charge in [-0.25, -0.2) is 0 Å². The third-order valence-corrected chi connectivity index (χ3v) is 3.28. The maximum atomic E-state index is 9.28. The van der Waals surface area contributed by atoms with Crippen LogP contribution >= 0.6 is 23.2 Å². The predicted octanol–water partition coefficient (Wildman–Crippen LogP) is 2.78. The van der Waals surface area contributed by atoms with E-state index in [0.717, 1.165) is 5.56 Å². The summed E-state index contributed by atoms with van der Waals surface area (Å²) in [5.41, 5.74) is 0.985. The summed E-state index contributed by atoms with van der Waals surface area (Å²) >= 11 is 11.8. The van der Waals surface area contributed by atoms with Gasteiger partial charge in [-0.15, -0.1) is 0 Å². The molecule has 1 aliphatic carbocycles. The van der Waals surface area contributed by atoms with Crippen LogP contribution in [0.15, 0.2) is 18.2 Å². The van der Waals surface area contributed by atoms with Crippen molar-refractivity contribution in [3.63, 3.8) is 0 Å². The molecule has 1 aromatic rings. The van der Waals surface area contributed by atoms with Crippen LogP contribution < -0.4 is 5.32 Å². The normalized spacial score (nSPS) is 17.8. The van der Waals surface area contributed by atoms with Crippen molar-refractivity contribution in [2.24, 2.45) is 0 Å². The summed E-state index contributed by atoms with van der Waals surface area (Å²) in [5, 5.41) is 13.7. The van der Waals surface area contributed by atoms with E-state index < -0.39 is 0 Å². The first-order valence-electron chi connectivity index (χ1n) is 5.02. The highest BCUT2D eigenvalue weighted by Gasteiger charge is 2.25. The van der Waals surface area contributed by atoms with Gasteiger partial charge in [-0.3, -0.25) is 0 Å². The summed E-state index contributed by atoms with van der Waals surface area (Å²) < 4.78 is 0. The highest BCUT2D eigenvalue weighted by atomic mass is 35.5. The van der Waals surface area contributed by atoms with Crippen LogP contribution in [0.25, 0.3) is 0 Å². The van der Waals surface area contributed by atoms with Gasteiger partial charge in [0, 0.05) is 6.04 Å². The summed E-state index contributed by atoms with van der Waals surface area (Å²) in [6.07, 6.45) is 2.38. The minimum Gasteiger partial charge on any atom is -0.394 e. The van der Waals surface area contributed by atoms with Crippen LogP contribution in [-0.2, 0) is 0 Å². The minimum atomic E-state index is -0.0349. The van der Waals surface area contributed by atoms with Gasteiger partial charge in [0.2, 0.25) is 0 Å². The summed E-state index contributed by atoms with van der Waals surface area (Å²) in [5.74, 6) is 0. The second kappa shape index (κ2) is 4.71. The van der Waals surface area contributed by atoms with Crippen LogP contribution in [0.2, 0.25) is 10.0 Å². The minimum absolute atomic E-state index is 0.0349. The standard InChI is InChI=1S/C11H13Cl2NO/c12-9-4-1-7(5-10(9)13)11(6-15)14-8-2-3-8/h1,4-5,8,11,14-15H,2-3,6H2. The van der Waals surface area contributed by atoms with Crippen molar-refractivity contribution in [2.75, 3.05) is 6.61 Å². The second-order valence-electron chi connectivity index (χ2n) is 3.85. The van der Waals surface area contributed by atoms with Crippen LogP contribution in [0.4, 0.5) is 0 Å². The lowest BCUT2D eigenvalue weighted by Crippen LogP contribution is -2.26. The van der Waals surface area contributed by atoms with Crippen molar-refractivity contribution in [3.8, 4) is 0 Å². The van der Waals surface area contributed by atoms with Crippen LogP contribution in [0.1, 0.15) is 24.4 Å². The Labute approximate surface area is 99.2 Å². The molecule has 0 radical (unpaired) electrons. The number of hydrogen-bond acceptors (Lipinski definition) is 2. The smallest absolute Gasteiger partial charge is 0.0626 e. The first-order valence-corrected chi connectivity index (χ1v) is 5.78. The van der Waals surface area contributed by atoms with E-state index in [9.17, 15) is 5.11 Å². The van der Waals surface area contributed by atoms with Gasteiger partial charge in [-0.2, -0.15) is 0 Å². The molecule has 1 fully saturated rings. The van der Waals surface area contributed by atoms with Gasteiger partial charge in [-0.05, 0) is 30.5 Å². The van der Waals surface area contributed by atoms with Gasteiger partial charge in [0.25, 0.3) is 0 Å². The van der Waals surface area contributed by atoms with E-state index in [1.54, 1.807) is 12.1 Å². The Bertz CT molecular complexity index is 352. The molecule has 1 aromatic carbocycles. The van der Waals surface area contributed by atoms with Crippen molar-refractivity contribution in [3.05, 3.63) is 33.8 Å². The average Bonchev–Trinajstić information content (AvgIpc) is 3.02. The topological polar surface area (TPSA) is 32.3 Å². The van der Waals surface area contributed by atoms with E-state index in [0.29, 0.717) is 16.1 Å². The number of aliphatic hydroxyl groups excluding tert-OH is 1. The molecular weight excluding hydrogens is 233 g/mol. The number of benzene rings is 1. The molecule has 2 rings (SSSR count). The van der Waals surface area contributed by atoms with E-state index in [-0.39, 0.29) is 12.6 Å². The van der Waals surface area contributed by atoms with Crippen LogP contribution in [-0.4, -0.2) is 17.8 Å². The quantitative estimate of drug-likeness (QED) is 0.856.